The third-order valence-electron chi connectivity index (χ3n) is 2.49. The van der Waals surface area contributed by atoms with E-state index in [1.165, 1.54) is 0 Å². The molecule has 0 unspecified atom stereocenters. The number of aromatic nitrogens is 2. The Kier molecular flexibility index (Phi) is 2.15. The van der Waals surface area contributed by atoms with Crippen LogP contribution in [0.3, 0.4) is 0 Å². The van der Waals surface area contributed by atoms with Crippen LogP contribution in [0, 0.1) is 17.0 Å². The van der Waals surface area contributed by atoms with Crippen molar-refractivity contribution in [2.45, 2.75) is 20.4 Å². The summed E-state index contributed by atoms with van der Waals surface area (Å²) in [4.78, 5) is 14.6. The average molecular weight is 205 g/mol. The van der Waals surface area contributed by atoms with Gasteiger partial charge in [0.25, 0.3) is 5.69 Å². The molecule has 0 saturated carbocycles. The molecule has 0 bridgehead atoms. The summed E-state index contributed by atoms with van der Waals surface area (Å²) in [5, 5.41) is 10.9. The molecule has 15 heavy (non-hydrogen) atoms. The first kappa shape index (κ1) is 9.64. The number of hydrogen-bond acceptors (Lipinski definition) is 3. The van der Waals surface area contributed by atoms with Gasteiger partial charge in [-0.15, -0.1) is 0 Å². The van der Waals surface area contributed by atoms with E-state index in [9.17, 15) is 10.1 Å². The first-order valence-electron chi connectivity index (χ1n) is 4.74. The molecule has 5 nitrogen and oxygen atoms in total. The number of benzene rings is 1. The van der Waals surface area contributed by atoms with Gasteiger partial charge in [0.05, 0.1) is 16.8 Å². The van der Waals surface area contributed by atoms with E-state index < -0.39 is 0 Å². The van der Waals surface area contributed by atoms with Crippen LogP contribution in [0.25, 0.3) is 11.0 Å². The molecule has 0 aliphatic heterocycles. The minimum Gasteiger partial charge on any atom is -0.331 e. The predicted octanol–water partition coefficient (Wildman–Crippen LogP) is 2.27. The van der Waals surface area contributed by atoms with E-state index in [0.29, 0.717) is 11.1 Å². The summed E-state index contributed by atoms with van der Waals surface area (Å²) >= 11 is 0. The van der Waals surface area contributed by atoms with Gasteiger partial charge in [0.15, 0.2) is 5.52 Å². The van der Waals surface area contributed by atoms with Crippen LogP contribution in [-0.4, -0.2) is 14.5 Å². The van der Waals surface area contributed by atoms with Crippen LogP contribution in [0.1, 0.15) is 12.5 Å². The number of nitro groups is 1. The van der Waals surface area contributed by atoms with E-state index in [-0.39, 0.29) is 10.6 Å². The van der Waals surface area contributed by atoms with Crippen molar-refractivity contribution in [2.75, 3.05) is 0 Å². The summed E-state index contributed by atoms with van der Waals surface area (Å²) in [6, 6.07) is 3.63. The third kappa shape index (κ3) is 1.36. The van der Waals surface area contributed by atoms with Crippen LogP contribution in [0.5, 0.6) is 0 Å². The second-order valence-corrected chi connectivity index (χ2v) is 3.39. The molecule has 0 atom stereocenters. The van der Waals surface area contributed by atoms with Gasteiger partial charge < -0.3 is 4.57 Å². The van der Waals surface area contributed by atoms with Crippen LogP contribution < -0.4 is 0 Å². The number of imidazole rings is 1. The molecule has 1 aromatic carbocycles. The van der Waals surface area contributed by atoms with E-state index in [2.05, 4.69) is 4.98 Å². The van der Waals surface area contributed by atoms with Crippen molar-refractivity contribution < 1.29 is 4.92 Å². The molecule has 0 radical (unpaired) electrons. The molecule has 0 N–H and O–H groups in total. The van der Waals surface area contributed by atoms with Crippen molar-refractivity contribution in [2.24, 2.45) is 0 Å². The molecule has 0 saturated heterocycles. The lowest BCUT2D eigenvalue weighted by molar-refractivity contribution is -0.383. The van der Waals surface area contributed by atoms with Gasteiger partial charge in [-0.3, -0.25) is 10.1 Å². The van der Waals surface area contributed by atoms with Crippen molar-refractivity contribution in [3.8, 4) is 0 Å². The lowest BCUT2D eigenvalue weighted by Crippen LogP contribution is -1.95. The van der Waals surface area contributed by atoms with Gasteiger partial charge in [-0.25, -0.2) is 4.98 Å². The Labute approximate surface area is 86.5 Å². The van der Waals surface area contributed by atoms with Gasteiger partial charge in [0.2, 0.25) is 0 Å². The third-order valence-corrected chi connectivity index (χ3v) is 2.49. The molecule has 1 heterocycles. The molecule has 5 heteroatoms. The highest BCUT2D eigenvalue weighted by atomic mass is 16.6. The number of fused-ring (bicyclic) bond motifs is 1. The second kappa shape index (κ2) is 3.34. The highest BCUT2D eigenvalue weighted by Crippen LogP contribution is 2.27. The Morgan fingerprint density at radius 1 is 1.53 bits per heavy atom. The molecule has 0 aliphatic rings. The van der Waals surface area contributed by atoms with Crippen molar-refractivity contribution in [3.05, 3.63) is 34.1 Å². The van der Waals surface area contributed by atoms with E-state index in [4.69, 9.17) is 0 Å². The normalized spacial score (nSPS) is 10.8. The number of aryl methyl sites for hydroxylation is 2. The maximum Gasteiger partial charge on any atom is 0.299 e. The van der Waals surface area contributed by atoms with Crippen LogP contribution in [0.2, 0.25) is 0 Å². The second-order valence-electron chi connectivity index (χ2n) is 3.39. The minimum atomic E-state index is -0.370. The Bertz CT molecular complexity index is 531. The first-order valence-corrected chi connectivity index (χ1v) is 4.74. The highest BCUT2D eigenvalue weighted by Gasteiger charge is 2.18. The summed E-state index contributed by atoms with van der Waals surface area (Å²) in [5.74, 6) is 0. The molecular weight excluding hydrogens is 194 g/mol. The maximum absolute atomic E-state index is 10.9. The quantitative estimate of drug-likeness (QED) is 0.558. The van der Waals surface area contributed by atoms with Crippen molar-refractivity contribution in [1.29, 1.82) is 0 Å². The fourth-order valence-corrected chi connectivity index (χ4v) is 1.70. The van der Waals surface area contributed by atoms with E-state index >= 15 is 0 Å². The van der Waals surface area contributed by atoms with Gasteiger partial charge in [0.1, 0.15) is 0 Å². The smallest absolute Gasteiger partial charge is 0.299 e. The Hall–Kier alpha value is -1.91. The summed E-state index contributed by atoms with van der Waals surface area (Å²) in [6.45, 7) is 4.46. The number of rotatable bonds is 2. The molecule has 0 fully saturated rings. The van der Waals surface area contributed by atoms with Crippen LogP contribution >= 0.6 is 0 Å². The molecule has 0 spiro atoms. The SMILES string of the molecule is CCn1cnc2c([N+](=O)[O-])c(C)ccc21. The van der Waals surface area contributed by atoms with Crippen molar-refractivity contribution >= 4 is 16.7 Å². The lowest BCUT2D eigenvalue weighted by atomic mass is 10.2. The summed E-state index contributed by atoms with van der Waals surface area (Å²) in [7, 11) is 0. The van der Waals surface area contributed by atoms with Crippen molar-refractivity contribution in [1.82, 2.24) is 9.55 Å². The molecule has 78 valence electrons. The van der Waals surface area contributed by atoms with Crippen molar-refractivity contribution in [3.63, 3.8) is 0 Å². The standard InChI is InChI=1S/C10H11N3O2/c1-3-12-6-11-9-8(12)5-4-7(2)10(9)13(14)15/h4-6H,3H2,1-2H3. The zero-order valence-corrected chi connectivity index (χ0v) is 8.60. The average Bonchev–Trinajstić information content (AvgIpc) is 2.59. The minimum absolute atomic E-state index is 0.111. The molecular formula is C10H11N3O2. The topological polar surface area (TPSA) is 61.0 Å². The highest BCUT2D eigenvalue weighted by molar-refractivity contribution is 5.86. The van der Waals surface area contributed by atoms with Gasteiger partial charge in [0, 0.05) is 12.1 Å². The number of hydrogen-bond donors (Lipinski definition) is 0. The number of nitrogens with zero attached hydrogens (tertiary/aromatic N) is 3. The molecule has 1 aromatic heterocycles. The molecule has 0 amide bonds. The fraction of sp³-hybridized carbons (Fsp3) is 0.300. The largest absolute Gasteiger partial charge is 0.331 e. The van der Waals surface area contributed by atoms with E-state index in [1.54, 1.807) is 19.3 Å². The zero-order chi connectivity index (χ0) is 11.0. The van der Waals surface area contributed by atoms with Crippen LogP contribution in [0.4, 0.5) is 5.69 Å². The molecule has 2 rings (SSSR count). The van der Waals surface area contributed by atoms with E-state index in [0.717, 1.165) is 12.1 Å². The summed E-state index contributed by atoms with van der Waals surface area (Å²) in [5.41, 5.74) is 2.05. The molecule has 2 aromatic rings. The van der Waals surface area contributed by atoms with Crippen LogP contribution in [0.15, 0.2) is 18.5 Å². The monoisotopic (exact) mass is 205 g/mol. The Morgan fingerprint density at radius 3 is 2.87 bits per heavy atom. The van der Waals surface area contributed by atoms with Gasteiger partial charge >= 0.3 is 0 Å². The Balaban J connectivity index is 2.83. The predicted molar refractivity (Wildman–Crippen MR) is 56.8 cm³/mol. The summed E-state index contributed by atoms with van der Waals surface area (Å²) in [6.07, 6.45) is 1.64. The summed E-state index contributed by atoms with van der Waals surface area (Å²) < 4.78 is 1.89. The lowest BCUT2D eigenvalue weighted by Gasteiger charge is -2.00. The zero-order valence-electron chi connectivity index (χ0n) is 8.60. The first-order chi connectivity index (χ1) is 7.15. The van der Waals surface area contributed by atoms with Crippen LogP contribution in [-0.2, 0) is 6.54 Å². The van der Waals surface area contributed by atoms with Gasteiger partial charge in [-0.05, 0) is 19.9 Å². The molecule has 0 aliphatic carbocycles. The van der Waals surface area contributed by atoms with E-state index in [1.807, 2.05) is 17.6 Å². The number of nitro benzene ring substituents is 1. The fourth-order valence-electron chi connectivity index (χ4n) is 1.70. The maximum atomic E-state index is 10.9. The Morgan fingerprint density at radius 2 is 2.27 bits per heavy atom. The van der Waals surface area contributed by atoms with Gasteiger partial charge in [-0.2, -0.15) is 0 Å². The van der Waals surface area contributed by atoms with Gasteiger partial charge in [-0.1, -0.05) is 6.07 Å².